The van der Waals surface area contributed by atoms with Gasteiger partial charge < -0.3 is 9.84 Å². The molecule has 18 heavy (non-hydrogen) atoms. The van der Waals surface area contributed by atoms with E-state index < -0.39 is 5.97 Å². The molecule has 1 aromatic rings. The monoisotopic (exact) mass is 250 g/mol. The summed E-state index contributed by atoms with van der Waals surface area (Å²) in [6.07, 6.45) is 1.71. The van der Waals surface area contributed by atoms with Gasteiger partial charge in [-0.1, -0.05) is 26.0 Å². The molecule has 1 aromatic carbocycles. The van der Waals surface area contributed by atoms with Crippen LogP contribution in [0.5, 0.6) is 5.75 Å². The van der Waals surface area contributed by atoms with Gasteiger partial charge in [0, 0.05) is 6.42 Å². The first-order valence-electron chi connectivity index (χ1n) is 6.35. The Balaban J connectivity index is 2.91. The van der Waals surface area contributed by atoms with E-state index in [1.807, 2.05) is 6.92 Å². The molecule has 0 bridgehead atoms. The number of rotatable bonds is 6. The maximum Gasteiger partial charge on any atom is 0.303 e. The van der Waals surface area contributed by atoms with Crippen LogP contribution in [0.2, 0.25) is 0 Å². The average molecular weight is 250 g/mol. The Bertz CT molecular complexity index is 422. The van der Waals surface area contributed by atoms with E-state index in [2.05, 4.69) is 26.0 Å². The topological polar surface area (TPSA) is 46.5 Å². The van der Waals surface area contributed by atoms with Crippen LogP contribution in [0.15, 0.2) is 12.1 Å². The number of methoxy groups -OCH3 is 1. The van der Waals surface area contributed by atoms with Gasteiger partial charge in [0.1, 0.15) is 5.75 Å². The quantitative estimate of drug-likeness (QED) is 0.840. The molecular formula is C15H22O3. The maximum atomic E-state index is 10.5. The molecule has 0 atom stereocenters. The van der Waals surface area contributed by atoms with Crippen LogP contribution >= 0.6 is 0 Å². The Morgan fingerprint density at radius 2 is 2.06 bits per heavy atom. The number of ether oxygens (including phenoxy) is 1. The molecule has 0 spiro atoms. The van der Waals surface area contributed by atoms with Crippen molar-refractivity contribution in [1.29, 1.82) is 0 Å². The first kappa shape index (κ1) is 14.6. The highest BCUT2D eigenvalue weighted by Gasteiger charge is 2.12. The largest absolute Gasteiger partial charge is 0.496 e. The number of hydrogen-bond acceptors (Lipinski definition) is 2. The second kappa shape index (κ2) is 6.43. The van der Waals surface area contributed by atoms with Crippen molar-refractivity contribution in [1.82, 2.24) is 0 Å². The van der Waals surface area contributed by atoms with E-state index in [1.54, 1.807) is 7.11 Å². The summed E-state index contributed by atoms with van der Waals surface area (Å²) >= 11 is 0. The summed E-state index contributed by atoms with van der Waals surface area (Å²) < 4.78 is 5.44. The van der Waals surface area contributed by atoms with Gasteiger partial charge in [0.2, 0.25) is 0 Å². The summed E-state index contributed by atoms with van der Waals surface area (Å²) in [7, 11) is 1.69. The van der Waals surface area contributed by atoms with Gasteiger partial charge in [0.05, 0.1) is 7.11 Å². The molecule has 0 unspecified atom stereocenters. The average Bonchev–Trinajstić information content (AvgIpc) is 2.27. The third-order valence-corrected chi connectivity index (χ3v) is 3.05. The summed E-state index contributed by atoms with van der Waals surface area (Å²) in [5, 5.41) is 8.65. The molecule has 0 heterocycles. The molecule has 0 aliphatic carbocycles. The molecule has 0 amide bonds. The Kier molecular flexibility index (Phi) is 5.20. The lowest BCUT2D eigenvalue weighted by Gasteiger charge is -2.16. The van der Waals surface area contributed by atoms with Gasteiger partial charge in [-0.15, -0.1) is 0 Å². The standard InChI is InChI=1S/C15H22O3/c1-10(2)13-9-12(6-5-7-14(16)17)8-11(3)15(13)18-4/h8-10H,5-7H2,1-4H3,(H,16,17). The van der Waals surface area contributed by atoms with Gasteiger partial charge in [-0.2, -0.15) is 0 Å². The fraction of sp³-hybridized carbons (Fsp3) is 0.533. The Morgan fingerprint density at radius 3 is 2.56 bits per heavy atom. The van der Waals surface area contributed by atoms with Crippen LogP contribution in [0.1, 0.15) is 49.3 Å². The van der Waals surface area contributed by atoms with Crippen molar-refractivity contribution in [3.05, 3.63) is 28.8 Å². The SMILES string of the molecule is COc1c(C)cc(CCCC(=O)O)cc1C(C)C. The molecule has 3 nitrogen and oxygen atoms in total. The first-order chi connectivity index (χ1) is 8.45. The van der Waals surface area contributed by atoms with Gasteiger partial charge in [0.15, 0.2) is 0 Å². The van der Waals surface area contributed by atoms with Crippen LogP contribution in [-0.4, -0.2) is 18.2 Å². The molecule has 0 aromatic heterocycles. The second-order valence-corrected chi connectivity index (χ2v) is 4.94. The lowest BCUT2D eigenvalue weighted by molar-refractivity contribution is -0.137. The smallest absolute Gasteiger partial charge is 0.303 e. The predicted molar refractivity (Wildman–Crippen MR) is 72.4 cm³/mol. The Hall–Kier alpha value is -1.51. The van der Waals surface area contributed by atoms with E-state index in [9.17, 15) is 4.79 Å². The van der Waals surface area contributed by atoms with Crippen LogP contribution in [0.3, 0.4) is 0 Å². The summed E-state index contributed by atoms with van der Waals surface area (Å²) in [5.74, 6) is 0.620. The minimum atomic E-state index is -0.732. The van der Waals surface area contributed by atoms with Crippen LogP contribution in [0.25, 0.3) is 0 Å². The van der Waals surface area contributed by atoms with E-state index in [1.165, 1.54) is 11.1 Å². The fourth-order valence-electron chi connectivity index (χ4n) is 2.17. The number of aryl methyl sites for hydroxylation is 2. The van der Waals surface area contributed by atoms with Crippen molar-refractivity contribution in [3.63, 3.8) is 0 Å². The van der Waals surface area contributed by atoms with Crippen molar-refractivity contribution in [2.75, 3.05) is 7.11 Å². The van der Waals surface area contributed by atoms with E-state index >= 15 is 0 Å². The summed E-state index contributed by atoms with van der Waals surface area (Å²) in [4.78, 5) is 10.5. The maximum absolute atomic E-state index is 10.5. The number of carboxylic acid groups (broad SMARTS) is 1. The van der Waals surface area contributed by atoms with Gasteiger partial charge in [-0.3, -0.25) is 4.79 Å². The normalized spacial score (nSPS) is 10.7. The minimum Gasteiger partial charge on any atom is -0.496 e. The van der Waals surface area contributed by atoms with Gasteiger partial charge in [0.25, 0.3) is 0 Å². The van der Waals surface area contributed by atoms with Crippen molar-refractivity contribution < 1.29 is 14.6 Å². The highest BCUT2D eigenvalue weighted by Crippen LogP contribution is 2.31. The summed E-state index contributed by atoms with van der Waals surface area (Å²) in [6, 6.07) is 4.23. The van der Waals surface area contributed by atoms with E-state index in [0.29, 0.717) is 12.3 Å². The van der Waals surface area contributed by atoms with Crippen molar-refractivity contribution in [2.24, 2.45) is 0 Å². The zero-order valence-corrected chi connectivity index (χ0v) is 11.6. The lowest BCUT2D eigenvalue weighted by Crippen LogP contribution is -2.01. The van der Waals surface area contributed by atoms with Gasteiger partial charge >= 0.3 is 5.97 Å². The second-order valence-electron chi connectivity index (χ2n) is 4.94. The van der Waals surface area contributed by atoms with Crippen LogP contribution < -0.4 is 4.74 Å². The fourth-order valence-corrected chi connectivity index (χ4v) is 2.17. The molecule has 100 valence electrons. The molecule has 3 heteroatoms. The van der Waals surface area contributed by atoms with Crippen LogP contribution in [0, 0.1) is 6.92 Å². The number of hydrogen-bond donors (Lipinski definition) is 1. The summed E-state index contributed by atoms with van der Waals surface area (Å²) in [5.41, 5.74) is 3.51. The number of carboxylic acids is 1. The van der Waals surface area contributed by atoms with Gasteiger partial charge in [-0.05, 0) is 42.4 Å². The molecule has 0 fully saturated rings. The molecular weight excluding hydrogens is 228 g/mol. The Morgan fingerprint density at radius 1 is 1.39 bits per heavy atom. The molecule has 0 aliphatic rings. The molecule has 0 saturated heterocycles. The molecule has 1 rings (SSSR count). The van der Waals surface area contributed by atoms with Crippen molar-refractivity contribution in [2.45, 2.75) is 46.0 Å². The molecule has 0 radical (unpaired) electrons. The predicted octanol–water partition coefficient (Wildman–Crippen LogP) is 3.53. The molecule has 0 saturated carbocycles. The zero-order valence-electron chi connectivity index (χ0n) is 11.6. The lowest BCUT2D eigenvalue weighted by atomic mass is 9.94. The third kappa shape index (κ3) is 3.76. The highest BCUT2D eigenvalue weighted by atomic mass is 16.5. The van der Waals surface area contributed by atoms with Crippen LogP contribution in [-0.2, 0) is 11.2 Å². The number of carbonyl (C=O) groups is 1. The van der Waals surface area contributed by atoms with Crippen molar-refractivity contribution >= 4 is 5.97 Å². The van der Waals surface area contributed by atoms with Crippen LogP contribution in [0.4, 0.5) is 0 Å². The summed E-state index contributed by atoms with van der Waals surface area (Å²) in [6.45, 7) is 6.31. The van der Waals surface area contributed by atoms with E-state index in [4.69, 9.17) is 9.84 Å². The highest BCUT2D eigenvalue weighted by molar-refractivity contribution is 5.66. The molecule has 0 aliphatic heterocycles. The van der Waals surface area contributed by atoms with E-state index in [-0.39, 0.29) is 6.42 Å². The number of benzene rings is 1. The van der Waals surface area contributed by atoms with Gasteiger partial charge in [-0.25, -0.2) is 0 Å². The zero-order chi connectivity index (χ0) is 13.7. The number of aliphatic carboxylic acids is 1. The minimum absolute atomic E-state index is 0.224. The van der Waals surface area contributed by atoms with E-state index in [0.717, 1.165) is 17.7 Å². The first-order valence-corrected chi connectivity index (χ1v) is 6.35. The third-order valence-electron chi connectivity index (χ3n) is 3.05. The Labute approximate surface area is 109 Å². The van der Waals surface area contributed by atoms with Crippen molar-refractivity contribution in [3.8, 4) is 5.75 Å². The molecule has 1 N–H and O–H groups in total.